The van der Waals surface area contributed by atoms with E-state index < -0.39 is 0 Å². The van der Waals surface area contributed by atoms with Crippen LogP contribution in [0, 0.1) is 6.92 Å². The van der Waals surface area contributed by atoms with Crippen molar-refractivity contribution in [1.82, 2.24) is 0 Å². The Morgan fingerprint density at radius 2 is 1.74 bits per heavy atom. The molecule has 2 rings (SSSR count). The first-order valence-electron chi connectivity index (χ1n) is 6.33. The lowest BCUT2D eigenvalue weighted by Gasteiger charge is -2.29. The van der Waals surface area contributed by atoms with Crippen LogP contribution in [0.4, 0.5) is 11.4 Å². The van der Waals surface area contributed by atoms with Gasteiger partial charge in [0.05, 0.1) is 17.4 Å². The van der Waals surface area contributed by atoms with Gasteiger partial charge in [-0.1, -0.05) is 29.8 Å². The standard InChI is InChI=1S/C16H19ClN2/c1-11-4-9-15(18)16(10-11)19(3)12(2)13-5-7-14(17)8-6-13/h4-10,12H,18H2,1-3H3. The number of halogens is 1. The van der Waals surface area contributed by atoms with Crippen LogP contribution in [0.2, 0.25) is 5.02 Å². The average Bonchev–Trinajstić information content (AvgIpc) is 2.41. The molecule has 3 heteroatoms. The van der Waals surface area contributed by atoms with Crippen LogP contribution >= 0.6 is 11.6 Å². The maximum absolute atomic E-state index is 6.07. The quantitative estimate of drug-likeness (QED) is 0.839. The highest BCUT2D eigenvalue weighted by atomic mass is 35.5. The van der Waals surface area contributed by atoms with E-state index >= 15 is 0 Å². The molecule has 0 heterocycles. The van der Waals surface area contributed by atoms with Crippen LogP contribution in [0.25, 0.3) is 0 Å². The van der Waals surface area contributed by atoms with E-state index in [4.69, 9.17) is 17.3 Å². The Hall–Kier alpha value is -1.67. The summed E-state index contributed by atoms with van der Waals surface area (Å²) in [6, 6.07) is 14.3. The summed E-state index contributed by atoms with van der Waals surface area (Å²) in [6.07, 6.45) is 0. The number of hydrogen-bond donors (Lipinski definition) is 1. The lowest BCUT2D eigenvalue weighted by molar-refractivity contribution is 0.740. The highest BCUT2D eigenvalue weighted by Crippen LogP contribution is 2.30. The van der Waals surface area contributed by atoms with Gasteiger partial charge in [0.25, 0.3) is 0 Å². The summed E-state index contributed by atoms with van der Waals surface area (Å²) in [5.41, 5.74) is 10.3. The van der Waals surface area contributed by atoms with E-state index in [0.29, 0.717) is 0 Å². The monoisotopic (exact) mass is 274 g/mol. The second kappa shape index (κ2) is 5.54. The molecule has 2 nitrogen and oxygen atoms in total. The van der Waals surface area contributed by atoms with Crippen molar-refractivity contribution in [2.24, 2.45) is 0 Å². The van der Waals surface area contributed by atoms with Crippen molar-refractivity contribution in [1.29, 1.82) is 0 Å². The van der Waals surface area contributed by atoms with E-state index in [2.05, 4.69) is 44.0 Å². The van der Waals surface area contributed by atoms with Crippen LogP contribution in [0.5, 0.6) is 0 Å². The first kappa shape index (κ1) is 13.8. The fraction of sp³-hybridized carbons (Fsp3) is 0.250. The van der Waals surface area contributed by atoms with E-state index in [1.807, 2.05) is 24.3 Å². The summed E-state index contributed by atoms with van der Waals surface area (Å²) in [6.45, 7) is 4.23. The summed E-state index contributed by atoms with van der Waals surface area (Å²) < 4.78 is 0. The number of aryl methyl sites for hydroxylation is 1. The van der Waals surface area contributed by atoms with Gasteiger partial charge in [0.2, 0.25) is 0 Å². The molecule has 2 aromatic carbocycles. The van der Waals surface area contributed by atoms with E-state index in [1.165, 1.54) is 11.1 Å². The molecule has 2 aromatic rings. The van der Waals surface area contributed by atoms with Crippen LogP contribution in [0.1, 0.15) is 24.1 Å². The molecular weight excluding hydrogens is 256 g/mol. The van der Waals surface area contributed by atoms with Crippen molar-refractivity contribution in [3.05, 3.63) is 58.6 Å². The first-order chi connectivity index (χ1) is 8.99. The Labute approximate surface area is 119 Å². The van der Waals surface area contributed by atoms with E-state index in [0.717, 1.165) is 16.4 Å². The lowest BCUT2D eigenvalue weighted by atomic mass is 10.1. The number of anilines is 2. The average molecular weight is 275 g/mol. The van der Waals surface area contributed by atoms with E-state index in [9.17, 15) is 0 Å². The van der Waals surface area contributed by atoms with Crippen LogP contribution in [-0.4, -0.2) is 7.05 Å². The Morgan fingerprint density at radius 3 is 2.37 bits per heavy atom. The Balaban J connectivity index is 2.30. The van der Waals surface area contributed by atoms with Crippen LogP contribution in [0.15, 0.2) is 42.5 Å². The molecule has 0 fully saturated rings. The highest BCUT2D eigenvalue weighted by Gasteiger charge is 2.14. The first-order valence-corrected chi connectivity index (χ1v) is 6.71. The van der Waals surface area contributed by atoms with Gasteiger partial charge in [-0.15, -0.1) is 0 Å². The molecule has 1 atom stereocenters. The molecule has 0 bridgehead atoms. The molecule has 0 aliphatic carbocycles. The summed E-state index contributed by atoms with van der Waals surface area (Å²) in [5.74, 6) is 0. The van der Waals surface area contributed by atoms with Crippen molar-refractivity contribution in [3.63, 3.8) is 0 Å². The molecular formula is C16H19ClN2. The van der Waals surface area contributed by atoms with Gasteiger partial charge in [-0.2, -0.15) is 0 Å². The number of benzene rings is 2. The largest absolute Gasteiger partial charge is 0.397 e. The topological polar surface area (TPSA) is 29.3 Å². The maximum Gasteiger partial charge on any atom is 0.0605 e. The molecule has 0 aliphatic rings. The zero-order valence-electron chi connectivity index (χ0n) is 11.5. The van der Waals surface area contributed by atoms with Crippen molar-refractivity contribution >= 4 is 23.0 Å². The molecule has 1 unspecified atom stereocenters. The second-order valence-electron chi connectivity index (χ2n) is 4.90. The number of hydrogen-bond acceptors (Lipinski definition) is 2. The number of nitrogens with zero attached hydrogens (tertiary/aromatic N) is 1. The zero-order valence-corrected chi connectivity index (χ0v) is 12.3. The van der Waals surface area contributed by atoms with Gasteiger partial charge in [0.1, 0.15) is 0 Å². The van der Waals surface area contributed by atoms with Gasteiger partial charge in [0, 0.05) is 12.1 Å². The molecule has 100 valence electrons. The maximum atomic E-state index is 6.07. The molecule has 19 heavy (non-hydrogen) atoms. The summed E-state index contributed by atoms with van der Waals surface area (Å²) in [4.78, 5) is 2.19. The fourth-order valence-electron chi connectivity index (χ4n) is 2.13. The predicted octanol–water partition coefficient (Wildman–Crippen LogP) is 4.43. The smallest absolute Gasteiger partial charge is 0.0605 e. The van der Waals surface area contributed by atoms with Crippen LogP contribution in [0.3, 0.4) is 0 Å². The molecule has 0 spiro atoms. The summed E-state index contributed by atoms with van der Waals surface area (Å²) >= 11 is 5.93. The zero-order chi connectivity index (χ0) is 14.0. The minimum atomic E-state index is 0.237. The number of rotatable bonds is 3. The molecule has 0 saturated carbocycles. The normalized spacial score (nSPS) is 12.2. The SMILES string of the molecule is Cc1ccc(N)c(N(C)C(C)c2ccc(Cl)cc2)c1. The molecule has 0 radical (unpaired) electrons. The van der Waals surface area contributed by atoms with Gasteiger partial charge in [-0.05, 0) is 49.2 Å². The van der Waals surface area contributed by atoms with Gasteiger partial charge in [-0.3, -0.25) is 0 Å². The second-order valence-corrected chi connectivity index (χ2v) is 5.34. The lowest BCUT2D eigenvalue weighted by Crippen LogP contribution is -2.22. The summed E-state index contributed by atoms with van der Waals surface area (Å²) in [5, 5.41) is 0.758. The summed E-state index contributed by atoms with van der Waals surface area (Å²) in [7, 11) is 2.06. The molecule has 0 aliphatic heterocycles. The van der Waals surface area contributed by atoms with Crippen molar-refractivity contribution in [2.45, 2.75) is 19.9 Å². The van der Waals surface area contributed by atoms with Gasteiger partial charge < -0.3 is 10.6 Å². The van der Waals surface area contributed by atoms with E-state index in [1.54, 1.807) is 0 Å². The predicted molar refractivity (Wildman–Crippen MR) is 83.9 cm³/mol. The minimum Gasteiger partial charge on any atom is -0.397 e. The van der Waals surface area contributed by atoms with Crippen molar-refractivity contribution in [2.75, 3.05) is 17.7 Å². The Morgan fingerprint density at radius 1 is 1.11 bits per heavy atom. The number of nitrogen functional groups attached to an aromatic ring is 1. The van der Waals surface area contributed by atoms with Gasteiger partial charge in [-0.25, -0.2) is 0 Å². The van der Waals surface area contributed by atoms with Crippen molar-refractivity contribution < 1.29 is 0 Å². The third kappa shape index (κ3) is 3.02. The van der Waals surface area contributed by atoms with Crippen LogP contribution < -0.4 is 10.6 Å². The van der Waals surface area contributed by atoms with Gasteiger partial charge >= 0.3 is 0 Å². The molecule has 0 saturated heterocycles. The van der Waals surface area contributed by atoms with Gasteiger partial charge in [0.15, 0.2) is 0 Å². The minimum absolute atomic E-state index is 0.237. The number of nitrogens with two attached hydrogens (primary N) is 1. The Kier molecular flexibility index (Phi) is 4.01. The molecule has 0 aromatic heterocycles. The molecule has 0 amide bonds. The third-order valence-electron chi connectivity index (χ3n) is 3.50. The van der Waals surface area contributed by atoms with Crippen LogP contribution in [-0.2, 0) is 0 Å². The highest BCUT2D eigenvalue weighted by molar-refractivity contribution is 6.30. The fourth-order valence-corrected chi connectivity index (χ4v) is 2.26. The van der Waals surface area contributed by atoms with Crippen molar-refractivity contribution in [3.8, 4) is 0 Å². The third-order valence-corrected chi connectivity index (χ3v) is 3.75. The van der Waals surface area contributed by atoms with E-state index in [-0.39, 0.29) is 6.04 Å². The molecule has 2 N–H and O–H groups in total. The Bertz CT molecular complexity index is 563.